The lowest BCUT2D eigenvalue weighted by Crippen LogP contribution is -2.52. The van der Waals surface area contributed by atoms with Gasteiger partial charge in [-0.05, 0) is 143 Å². The van der Waals surface area contributed by atoms with Gasteiger partial charge in [-0.1, -0.05) is 30.3 Å². The van der Waals surface area contributed by atoms with Gasteiger partial charge in [0.2, 0.25) is 11.8 Å². The van der Waals surface area contributed by atoms with Gasteiger partial charge in [0.05, 0.1) is 11.4 Å². The van der Waals surface area contributed by atoms with Crippen molar-refractivity contribution in [3.8, 4) is 22.8 Å². The normalized spacial score (nSPS) is 21.4. The Morgan fingerprint density at radius 3 is 2.39 bits per heavy atom. The Hall–Kier alpha value is -6.35. The number of nitrogens with two attached hydrogens (primary N) is 1. The minimum absolute atomic E-state index is 0.0385. The molecule has 0 radical (unpaired) electrons. The van der Waals surface area contributed by atoms with Crippen LogP contribution in [0.2, 0.25) is 0 Å². The van der Waals surface area contributed by atoms with Gasteiger partial charge in [0, 0.05) is 50.3 Å². The number of carbonyl (C=O) groups is 4. The molecular weight excluding hydrogens is 809 g/mol. The number of nitrogens with one attached hydrogen (secondary N) is 1. The van der Waals surface area contributed by atoms with Crippen molar-refractivity contribution in [3.05, 3.63) is 95.8 Å². The van der Waals surface area contributed by atoms with Crippen LogP contribution < -0.4 is 15.8 Å². The van der Waals surface area contributed by atoms with Crippen molar-refractivity contribution >= 4 is 40.6 Å². The fourth-order valence-electron chi connectivity index (χ4n) is 10.6. The Labute approximate surface area is 372 Å². The number of amides is 5. The Bertz CT molecular complexity index is 2530. The molecule has 0 spiro atoms. The minimum atomic E-state index is -0.589. The number of carbonyl (C=O) groups excluding carboxylic acids is 4. The number of nitrogens with zero attached hydrogens (tertiary/aromatic N) is 8. The number of hydrogen-bond donors (Lipinski definition) is 2. The average Bonchev–Trinajstić information content (AvgIpc) is 3.88. The van der Waals surface area contributed by atoms with E-state index in [9.17, 15) is 19.2 Å². The van der Waals surface area contributed by atoms with Gasteiger partial charge in [-0.3, -0.25) is 19.7 Å². The van der Waals surface area contributed by atoms with Crippen LogP contribution >= 0.6 is 0 Å². The van der Waals surface area contributed by atoms with Crippen LogP contribution in [-0.4, -0.2) is 115 Å². The Morgan fingerprint density at radius 1 is 0.828 bits per heavy atom. The first-order valence-corrected chi connectivity index (χ1v) is 23.1. The van der Waals surface area contributed by atoms with Gasteiger partial charge in [-0.25, -0.2) is 19.4 Å². The van der Waals surface area contributed by atoms with Gasteiger partial charge < -0.3 is 30.1 Å². The maximum atomic E-state index is 14.0. The highest BCUT2D eigenvalue weighted by Crippen LogP contribution is 2.37. The molecule has 64 heavy (non-hydrogen) atoms. The van der Waals surface area contributed by atoms with Crippen molar-refractivity contribution < 1.29 is 23.9 Å². The van der Waals surface area contributed by atoms with Gasteiger partial charge in [-0.2, -0.15) is 5.10 Å². The average molecular weight is 865 g/mol. The number of imide groups is 1. The van der Waals surface area contributed by atoms with E-state index in [1.807, 2.05) is 70.2 Å². The number of anilines is 1. The number of hydrogen-bond acceptors (Lipinski definition) is 10. The molecule has 7 heterocycles. The van der Waals surface area contributed by atoms with E-state index in [1.165, 1.54) is 18.3 Å². The van der Waals surface area contributed by atoms with E-state index in [0.717, 1.165) is 107 Å². The van der Waals surface area contributed by atoms with Crippen LogP contribution in [0.4, 0.5) is 10.6 Å². The molecule has 15 heteroatoms. The lowest BCUT2D eigenvalue weighted by atomic mass is 9.87. The Balaban J connectivity index is 0.682. The highest BCUT2D eigenvalue weighted by atomic mass is 16.5. The molecule has 2 atom stereocenters. The summed E-state index contributed by atoms with van der Waals surface area (Å²) < 4.78 is 7.98. The molecule has 0 bridgehead atoms. The van der Waals surface area contributed by atoms with E-state index >= 15 is 0 Å². The molecule has 4 saturated heterocycles. The molecule has 332 valence electrons. The van der Waals surface area contributed by atoms with E-state index in [4.69, 9.17) is 15.6 Å². The first kappa shape index (κ1) is 41.6. The number of fused-ring (bicyclic) bond motifs is 2. The van der Waals surface area contributed by atoms with Gasteiger partial charge >= 0.3 is 6.03 Å². The van der Waals surface area contributed by atoms with E-state index < -0.39 is 6.04 Å². The van der Waals surface area contributed by atoms with Crippen molar-refractivity contribution in [2.24, 2.45) is 5.92 Å². The zero-order chi connectivity index (χ0) is 43.7. The van der Waals surface area contributed by atoms with E-state index in [1.54, 1.807) is 4.90 Å². The number of benzene rings is 3. The predicted molar refractivity (Wildman–Crippen MR) is 241 cm³/mol. The minimum Gasteiger partial charge on any atom is -0.457 e. The highest BCUT2D eigenvalue weighted by Gasteiger charge is 2.39. The number of nitrogen functional groups attached to an aromatic ring is 1. The summed E-state index contributed by atoms with van der Waals surface area (Å²) in [6.07, 6.45) is 10.5. The van der Waals surface area contributed by atoms with E-state index in [0.29, 0.717) is 59.5 Å². The van der Waals surface area contributed by atoms with Gasteiger partial charge in [0.1, 0.15) is 35.4 Å². The fraction of sp³-hybridized carbons (Fsp3) is 0.449. The fourth-order valence-corrected chi connectivity index (χ4v) is 10.6. The molecule has 2 unspecified atom stereocenters. The number of urea groups is 1. The number of piperidine rings is 4. The van der Waals surface area contributed by atoms with Crippen molar-refractivity contribution in [2.45, 2.75) is 88.8 Å². The lowest BCUT2D eigenvalue weighted by molar-refractivity contribution is -0.136. The Kier molecular flexibility index (Phi) is 11.7. The van der Waals surface area contributed by atoms with Crippen molar-refractivity contribution in [2.75, 3.05) is 51.5 Å². The summed E-state index contributed by atoms with van der Waals surface area (Å²) in [5, 5.41) is 8.20. The van der Waals surface area contributed by atoms with Crippen LogP contribution in [0, 0.1) is 5.92 Å². The zero-order valence-electron chi connectivity index (χ0n) is 36.2. The molecule has 10 rings (SSSR count). The van der Waals surface area contributed by atoms with Gasteiger partial charge in [0.15, 0.2) is 5.65 Å². The molecule has 3 N–H and O–H groups in total. The first-order chi connectivity index (χ1) is 31.3. The summed E-state index contributed by atoms with van der Waals surface area (Å²) in [6.45, 7) is 6.49. The molecule has 0 aliphatic carbocycles. The molecule has 3 aromatic carbocycles. The standard InChI is InChI=1S/C49H56N10O5/c50-45-43-44(34-10-13-39(14-11-34)64-38-8-2-1-3-9-38)54-59(46(43)52-31-51-45)37-7-5-23-57(30-37)49(63)56-26-18-32(19-27-56)6-4-22-55-24-20-33(21-25-55)35-12-15-40-36(28-35)29-58(48(40)62)41-16-17-42(60)53-47(41)61/h1-3,8-15,28,31-33,37,41H,4-7,16-27,29-30H2,(H2,50,51,52)(H,53,60,61). The van der Waals surface area contributed by atoms with Crippen LogP contribution in [0.15, 0.2) is 79.1 Å². The second-order valence-corrected chi connectivity index (χ2v) is 18.2. The van der Waals surface area contributed by atoms with Crippen molar-refractivity contribution in [1.29, 1.82) is 0 Å². The second kappa shape index (κ2) is 18.0. The lowest BCUT2D eigenvalue weighted by Gasteiger charge is -2.39. The number of rotatable bonds is 10. The van der Waals surface area contributed by atoms with E-state index in [-0.39, 0.29) is 36.2 Å². The molecule has 5 aliphatic heterocycles. The number of aromatic nitrogens is 4. The van der Waals surface area contributed by atoms with Gasteiger partial charge in [0.25, 0.3) is 5.91 Å². The second-order valence-electron chi connectivity index (χ2n) is 18.2. The van der Waals surface area contributed by atoms with Crippen LogP contribution in [0.5, 0.6) is 11.5 Å². The topological polar surface area (TPSA) is 172 Å². The number of likely N-dealkylation sites (tertiary alicyclic amines) is 3. The predicted octanol–water partition coefficient (Wildman–Crippen LogP) is 6.76. The molecule has 5 aromatic rings. The number of ether oxygens (including phenoxy) is 1. The van der Waals surface area contributed by atoms with Crippen LogP contribution in [0.3, 0.4) is 0 Å². The summed E-state index contributed by atoms with van der Waals surface area (Å²) in [6, 6.07) is 23.2. The Morgan fingerprint density at radius 2 is 1.61 bits per heavy atom. The monoisotopic (exact) mass is 864 g/mol. The maximum Gasteiger partial charge on any atom is 0.320 e. The van der Waals surface area contributed by atoms with E-state index in [2.05, 4.69) is 37.2 Å². The first-order valence-electron chi connectivity index (χ1n) is 23.1. The summed E-state index contributed by atoms with van der Waals surface area (Å²) in [5.41, 5.74) is 11.7. The van der Waals surface area contributed by atoms with Crippen molar-refractivity contribution in [1.82, 2.24) is 44.7 Å². The largest absolute Gasteiger partial charge is 0.457 e. The quantitative estimate of drug-likeness (QED) is 0.143. The SMILES string of the molecule is Nc1ncnc2c1c(-c1ccc(Oc3ccccc3)cc1)nn2C1CCCN(C(=O)N2CCC(CCCN3CCC(c4ccc5c(c4)CN(C4CCC(=O)NC4=O)C5=O)CC3)CC2)C1. The molecule has 5 amide bonds. The smallest absolute Gasteiger partial charge is 0.320 e. The molecule has 2 aromatic heterocycles. The summed E-state index contributed by atoms with van der Waals surface area (Å²) >= 11 is 0. The highest BCUT2D eigenvalue weighted by molar-refractivity contribution is 6.05. The third-order valence-electron chi connectivity index (χ3n) is 14.2. The molecule has 5 aliphatic rings. The third kappa shape index (κ3) is 8.52. The van der Waals surface area contributed by atoms with Crippen LogP contribution in [-0.2, 0) is 16.1 Å². The summed E-state index contributed by atoms with van der Waals surface area (Å²) in [4.78, 5) is 68.5. The van der Waals surface area contributed by atoms with Gasteiger partial charge in [-0.15, -0.1) is 0 Å². The summed E-state index contributed by atoms with van der Waals surface area (Å²) in [7, 11) is 0. The maximum absolute atomic E-state index is 14.0. The molecule has 15 nitrogen and oxygen atoms in total. The third-order valence-corrected chi connectivity index (χ3v) is 14.2. The molecule has 0 saturated carbocycles. The number of para-hydroxylation sites is 1. The van der Waals surface area contributed by atoms with Crippen LogP contribution in [0.1, 0.15) is 97.7 Å². The van der Waals surface area contributed by atoms with Crippen molar-refractivity contribution in [3.63, 3.8) is 0 Å². The molecule has 4 fully saturated rings. The zero-order valence-corrected chi connectivity index (χ0v) is 36.2. The summed E-state index contributed by atoms with van der Waals surface area (Å²) in [5.74, 6) is 2.18. The van der Waals surface area contributed by atoms with Crippen LogP contribution in [0.25, 0.3) is 22.3 Å². The molecular formula is C49H56N10O5.